The van der Waals surface area contributed by atoms with E-state index < -0.39 is 34.5 Å². The van der Waals surface area contributed by atoms with E-state index in [4.69, 9.17) is 9.47 Å². The van der Waals surface area contributed by atoms with E-state index in [-0.39, 0.29) is 84.9 Å². The van der Waals surface area contributed by atoms with Gasteiger partial charge in [-0.15, -0.1) is 0 Å². The molecule has 0 fully saturated rings. The summed E-state index contributed by atoms with van der Waals surface area (Å²) in [5.74, 6) is 0.0722. The summed E-state index contributed by atoms with van der Waals surface area (Å²) in [6.45, 7) is 0. The van der Waals surface area contributed by atoms with Gasteiger partial charge in [-0.3, -0.25) is 0 Å². The molecule has 14 nitrogen and oxygen atoms in total. The number of halogens is 6. The van der Waals surface area contributed by atoms with Gasteiger partial charge >= 0.3 is 12.4 Å². The molecule has 4 aromatic carbocycles. The number of nitriles is 2. The minimum Gasteiger partial charge on any atom is -0.436 e. The lowest BCUT2D eigenvalue weighted by molar-refractivity contribution is -0.142. The Hall–Kier alpha value is -8.00. The fraction of sp³-hybridized carbons (Fsp3) is 0.0556. The van der Waals surface area contributed by atoms with Gasteiger partial charge in [0.05, 0.1) is 16.6 Å². The molecule has 0 radical (unpaired) electrons. The smallest absolute Gasteiger partial charge is 0.418 e. The van der Waals surface area contributed by atoms with E-state index in [1.54, 1.807) is 60.7 Å². The average molecular weight is 759 g/mol. The maximum Gasteiger partial charge on any atom is 0.418 e. The Kier molecular flexibility index (Phi) is 7.41. The van der Waals surface area contributed by atoms with Crippen molar-refractivity contribution in [2.24, 2.45) is 0 Å². The van der Waals surface area contributed by atoms with Crippen molar-refractivity contribution in [3.63, 3.8) is 0 Å². The minimum atomic E-state index is -5.30. The molecule has 0 aliphatic carbocycles. The molecule has 0 aliphatic heterocycles. The first-order valence-corrected chi connectivity index (χ1v) is 15.8. The second-order valence-corrected chi connectivity index (χ2v) is 11.8. The van der Waals surface area contributed by atoms with Crippen molar-refractivity contribution in [2.45, 2.75) is 12.4 Å². The SMILES string of the molecule is N#Cc1nc2nc3c(nc2nc1Oc1ccccc1)c1nc2cc(C(F)(F)F)cc(C(F)(F)F)c2nc1c1nc2nc(C#N)c(Oc4ccccc4)nc2nc31. The Bertz CT molecular complexity index is 3210. The van der Waals surface area contributed by atoms with Gasteiger partial charge in [0, 0.05) is 0 Å². The topological polar surface area (TPSA) is 195 Å². The van der Waals surface area contributed by atoms with E-state index in [1.165, 1.54) is 0 Å². The van der Waals surface area contributed by atoms with Crippen LogP contribution < -0.4 is 9.47 Å². The highest BCUT2D eigenvalue weighted by Gasteiger charge is 2.39. The summed E-state index contributed by atoms with van der Waals surface area (Å²) < 4.78 is 96.4. The summed E-state index contributed by atoms with van der Waals surface area (Å²) >= 11 is 0. The van der Waals surface area contributed by atoms with Crippen molar-refractivity contribution >= 4 is 66.7 Å². The van der Waals surface area contributed by atoms with Crippen LogP contribution in [0.1, 0.15) is 22.5 Å². The number of rotatable bonds is 4. The van der Waals surface area contributed by atoms with Gasteiger partial charge in [0.2, 0.25) is 22.7 Å². The molecular weight excluding hydrogens is 746 g/mol. The summed E-state index contributed by atoms with van der Waals surface area (Å²) in [4.78, 5) is 43.6. The minimum absolute atomic E-state index is 0.0595. The molecule has 0 saturated carbocycles. The third-order valence-electron chi connectivity index (χ3n) is 8.18. The van der Waals surface area contributed by atoms with Gasteiger partial charge < -0.3 is 9.47 Å². The van der Waals surface area contributed by atoms with Crippen LogP contribution in [0, 0.1) is 22.7 Å². The van der Waals surface area contributed by atoms with Crippen LogP contribution >= 0.6 is 0 Å². The first-order chi connectivity index (χ1) is 26.9. The highest BCUT2D eigenvalue weighted by atomic mass is 19.4. The molecule has 0 aliphatic rings. The van der Waals surface area contributed by atoms with Gasteiger partial charge in [-0.2, -0.15) is 46.8 Å². The Balaban J connectivity index is 1.40. The molecule has 5 aromatic heterocycles. The molecule has 0 N–H and O–H groups in total. The van der Waals surface area contributed by atoms with Crippen molar-refractivity contribution < 1.29 is 35.8 Å². The van der Waals surface area contributed by atoms with E-state index in [0.717, 1.165) is 0 Å². The standard InChI is InChI=1S/C36H12F6N12O2/c37-35(38,39)15-11-18(36(40,41)42)22-19(12-15)45-23-24(48-22)26-28(52-32-29(49-26)46-20(13-43)34(54-32)56-17-9-5-2-6-10-17)27-25(23)51-31-30(50-27)47-21(14-44)33(53-31)55-16-7-3-1-4-8-16/h1-12H. The van der Waals surface area contributed by atoms with Crippen LogP contribution in [0.2, 0.25) is 0 Å². The van der Waals surface area contributed by atoms with Crippen molar-refractivity contribution in [2.75, 3.05) is 0 Å². The second-order valence-electron chi connectivity index (χ2n) is 11.8. The molecule has 0 bridgehead atoms. The summed E-state index contributed by atoms with van der Waals surface area (Å²) in [5, 5.41) is 19.8. The molecule has 270 valence electrons. The van der Waals surface area contributed by atoms with Gasteiger partial charge in [0.25, 0.3) is 11.8 Å². The number of aromatic nitrogens is 10. The molecule has 0 spiro atoms. The quantitative estimate of drug-likeness (QED) is 0.0953. The molecule has 0 atom stereocenters. The lowest BCUT2D eigenvalue weighted by atomic mass is 10.1. The molecule has 5 heterocycles. The zero-order valence-corrected chi connectivity index (χ0v) is 27.4. The van der Waals surface area contributed by atoms with Crippen molar-refractivity contribution in [3.8, 4) is 35.4 Å². The molecule has 9 aromatic rings. The molecule has 20 heteroatoms. The Morgan fingerprint density at radius 3 is 1.27 bits per heavy atom. The molecule has 9 rings (SSSR count). The second kappa shape index (κ2) is 12.3. The number of ether oxygens (including phenoxy) is 2. The molecular formula is C36H12F6N12O2. The predicted octanol–water partition coefficient (Wildman–Crippen LogP) is 7.92. The molecule has 0 saturated heterocycles. The maximum absolute atomic E-state index is 14.4. The van der Waals surface area contributed by atoms with Crippen molar-refractivity contribution in [1.82, 2.24) is 49.8 Å². The van der Waals surface area contributed by atoms with Gasteiger partial charge in [-0.1, -0.05) is 36.4 Å². The van der Waals surface area contributed by atoms with Crippen LogP contribution in [0.5, 0.6) is 23.3 Å². The van der Waals surface area contributed by atoms with Crippen molar-refractivity contribution in [1.29, 1.82) is 10.5 Å². The van der Waals surface area contributed by atoms with Crippen LogP contribution in [0.4, 0.5) is 26.3 Å². The zero-order chi connectivity index (χ0) is 38.9. The van der Waals surface area contributed by atoms with E-state index in [9.17, 15) is 36.9 Å². The lowest BCUT2D eigenvalue weighted by Gasteiger charge is -2.15. The first kappa shape index (κ1) is 33.8. The summed E-state index contributed by atoms with van der Waals surface area (Å²) in [7, 11) is 0. The van der Waals surface area contributed by atoms with Crippen LogP contribution in [0.25, 0.3) is 66.7 Å². The number of hydrogen-bond acceptors (Lipinski definition) is 14. The van der Waals surface area contributed by atoms with Gasteiger partial charge in [-0.25, -0.2) is 39.9 Å². The van der Waals surface area contributed by atoms with Crippen LogP contribution in [-0.2, 0) is 12.4 Å². The molecule has 56 heavy (non-hydrogen) atoms. The van der Waals surface area contributed by atoms with E-state index in [1.807, 2.05) is 12.1 Å². The van der Waals surface area contributed by atoms with Gasteiger partial charge in [0.1, 0.15) is 62.3 Å². The Labute approximate surface area is 305 Å². The molecule has 0 amide bonds. The number of para-hydroxylation sites is 2. The van der Waals surface area contributed by atoms with E-state index in [0.29, 0.717) is 17.6 Å². The number of hydrogen-bond donors (Lipinski definition) is 0. The highest BCUT2D eigenvalue weighted by Crippen LogP contribution is 2.41. The van der Waals surface area contributed by atoms with Crippen LogP contribution in [0.3, 0.4) is 0 Å². The van der Waals surface area contributed by atoms with Crippen LogP contribution in [0.15, 0.2) is 72.8 Å². The van der Waals surface area contributed by atoms with E-state index >= 15 is 0 Å². The number of alkyl halides is 6. The number of nitrogens with zero attached hydrogens (tertiary/aromatic N) is 12. The number of fused-ring (bicyclic) bond motifs is 9. The summed E-state index contributed by atoms with van der Waals surface area (Å²) in [6, 6.07) is 20.7. The highest BCUT2D eigenvalue weighted by molar-refractivity contribution is 6.20. The largest absolute Gasteiger partial charge is 0.436 e. The molecule has 0 unspecified atom stereocenters. The maximum atomic E-state index is 14.4. The average Bonchev–Trinajstić information content (AvgIpc) is 3.18. The normalized spacial score (nSPS) is 12.1. The van der Waals surface area contributed by atoms with Crippen molar-refractivity contribution in [3.05, 3.63) is 95.3 Å². The van der Waals surface area contributed by atoms with E-state index in [2.05, 4.69) is 49.8 Å². The summed E-state index contributed by atoms with van der Waals surface area (Å²) in [6.07, 6.45) is -10.5. The third kappa shape index (κ3) is 5.69. The third-order valence-corrected chi connectivity index (χ3v) is 8.18. The fourth-order valence-corrected chi connectivity index (χ4v) is 5.76. The zero-order valence-electron chi connectivity index (χ0n) is 27.4. The first-order valence-electron chi connectivity index (χ1n) is 15.8. The number of benzene rings is 4. The Morgan fingerprint density at radius 2 is 0.857 bits per heavy atom. The van der Waals surface area contributed by atoms with Gasteiger partial charge in [0.15, 0.2) is 11.3 Å². The predicted molar refractivity (Wildman–Crippen MR) is 182 cm³/mol. The summed E-state index contributed by atoms with van der Waals surface area (Å²) in [5.41, 5.74) is -8.19. The monoisotopic (exact) mass is 758 g/mol. The Morgan fingerprint density at radius 1 is 0.446 bits per heavy atom. The van der Waals surface area contributed by atoms with Crippen LogP contribution in [-0.4, -0.2) is 49.8 Å². The lowest BCUT2D eigenvalue weighted by Crippen LogP contribution is -2.13. The fourth-order valence-electron chi connectivity index (χ4n) is 5.76. The van der Waals surface area contributed by atoms with Gasteiger partial charge in [-0.05, 0) is 36.4 Å².